The molecule has 0 bridgehead atoms. The van der Waals surface area contributed by atoms with Crippen molar-refractivity contribution in [3.05, 3.63) is 70.5 Å². The fraction of sp³-hybridized carbons (Fsp3) is 0.304. The van der Waals surface area contributed by atoms with E-state index >= 15 is 0 Å². The maximum Gasteiger partial charge on any atom is 0.225 e. The topological polar surface area (TPSA) is 65.4 Å². The van der Waals surface area contributed by atoms with E-state index in [-0.39, 0.29) is 24.1 Å². The highest BCUT2D eigenvalue weighted by Crippen LogP contribution is 2.29. The summed E-state index contributed by atoms with van der Waals surface area (Å²) < 4.78 is 39.5. The third kappa shape index (κ3) is 4.68. The van der Waals surface area contributed by atoms with Crippen LogP contribution in [0.4, 0.5) is 8.78 Å². The highest BCUT2D eigenvalue weighted by Gasteiger charge is 2.20. The number of aromatic nitrogens is 2. The highest BCUT2D eigenvalue weighted by atomic mass is 19.1. The zero-order chi connectivity index (χ0) is 22.7. The normalized spacial score (nSPS) is 11.8. The summed E-state index contributed by atoms with van der Waals surface area (Å²) in [6, 6.07) is 8.36. The molecule has 3 aromatic rings. The van der Waals surface area contributed by atoms with Gasteiger partial charge in [0.15, 0.2) is 5.82 Å². The van der Waals surface area contributed by atoms with E-state index in [2.05, 4.69) is 10.4 Å². The monoisotopic (exact) mass is 429 g/mol. The zero-order valence-corrected chi connectivity index (χ0v) is 18.1. The molecule has 1 N–H and O–H groups in total. The number of hydrogen-bond acceptors (Lipinski definition) is 4. The number of halogens is 2. The van der Waals surface area contributed by atoms with E-state index in [0.717, 1.165) is 11.6 Å². The van der Waals surface area contributed by atoms with Gasteiger partial charge in [-0.2, -0.15) is 5.10 Å². The summed E-state index contributed by atoms with van der Waals surface area (Å²) in [6.07, 6.45) is 0.0666. The Morgan fingerprint density at radius 3 is 2.52 bits per heavy atom. The molecule has 164 valence electrons. The van der Waals surface area contributed by atoms with Gasteiger partial charge < -0.3 is 14.8 Å². The number of nitrogens with one attached hydrogen (secondary N) is 1. The maximum absolute atomic E-state index is 14.2. The number of nitrogens with zero attached hydrogens (tertiary/aromatic N) is 2. The van der Waals surface area contributed by atoms with Gasteiger partial charge in [0.25, 0.3) is 0 Å². The second-order valence-electron chi connectivity index (χ2n) is 7.23. The predicted octanol–water partition coefficient (Wildman–Crippen LogP) is 4.20. The van der Waals surface area contributed by atoms with Gasteiger partial charge in [0, 0.05) is 22.9 Å². The van der Waals surface area contributed by atoms with Crippen LogP contribution in [0.5, 0.6) is 11.5 Å². The third-order valence-corrected chi connectivity index (χ3v) is 5.20. The fourth-order valence-electron chi connectivity index (χ4n) is 3.53. The Bertz CT molecular complexity index is 1110. The molecular formula is C23H25F2N3O3. The molecule has 0 aliphatic rings. The molecule has 0 spiro atoms. The summed E-state index contributed by atoms with van der Waals surface area (Å²) in [6.45, 7) is 5.36. The summed E-state index contributed by atoms with van der Waals surface area (Å²) in [7, 11) is 3.14. The third-order valence-electron chi connectivity index (χ3n) is 5.20. The van der Waals surface area contributed by atoms with Crippen LogP contribution >= 0.6 is 0 Å². The second kappa shape index (κ2) is 9.16. The molecule has 1 unspecified atom stereocenters. The van der Waals surface area contributed by atoms with Gasteiger partial charge in [0.05, 0.1) is 32.4 Å². The van der Waals surface area contributed by atoms with Crippen LogP contribution in [0.2, 0.25) is 0 Å². The van der Waals surface area contributed by atoms with Crippen LogP contribution < -0.4 is 14.8 Å². The van der Waals surface area contributed by atoms with Crippen molar-refractivity contribution in [2.45, 2.75) is 33.2 Å². The second-order valence-corrected chi connectivity index (χ2v) is 7.23. The number of benzene rings is 2. The van der Waals surface area contributed by atoms with Crippen molar-refractivity contribution in [2.75, 3.05) is 14.2 Å². The number of methoxy groups -OCH3 is 2. The standard InChI is InChI=1S/C23H25F2N3O3/c1-13(19-11-17(30-4)7-9-22(19)31-5)26-23(29)12-18-14(2)27-28(15(18)3)21-8-6-16(24)10-20(21)25/h6-11,13H,12H2,1-5H3,(H,26,29). The van der Waals surface area contributed by atoms with E-state index < -0.39 is 11.6 Å². The Balaban J connectivity index is 1.81. The Morgan fingerprint density at radius 2 is 1.87 bits per heavy atom. The molecule has 0 fully saturated rings. The minimum absolute atomic E-state index is 0.0666. The van der Waals surface area contributed by atoms with Gasteiger partial charge in [-0.05, 0) is 51.1 Å². The zero-order valence-electron chi connectivity index (χ0n) is 18.1. The molecule has 3 rings (SSSR count). The van der Waals surface area contributed by atoms with Gasteiger partial charge in [-0.1, -0.05) is 0 Å². The Labute approximate surface area is 179 Å². The first-order chi connectivity index (χ1) is 14.7. The maximum atomic E-state index is 14.2. The summed E-state index contributed by atoms with van der Waals surface area (Å²) in [5.74, 6) is -0.306. The molecule has 0 aliphatic heterocycles. The van der Waals surface area contributed by atoms with Crippen molar-refractivity contribution in [1.29, 1.82) is 0 Å². The van der Waals surface area contributed by atoms with E-state index in [0.29, 0.717) is 28.5 Å². The first kappa shape index (κ1) is 22.3. The molecule has 0 aliphatic carbocycles. The summed E-state index contributed by atoms with van der Waals surface area (Å²) in [5.41, 5.74) is 2.81. The molecule has 8 heteroatoms. The van der Waals surface area contributed by atoms with Crippen LogP contribution in [0, 0.1) is 25.5 Å². The van der Waals surface area contributed by atoms with Crippen molar-refractivity contribution < 1.29 is 23.0 Å². The average molecular weight is 429 g/mol. The fourth-order valence-corrected chi connectivity index (χ4v) is 3.53. The van der Waals surface area contributed by atoms with E-state index in [1.807, 2.05) is 13.0 Å². The molecule has 0 saturated carbocycles. The molecule has 1 atom stereocenters. The van der Waals surface area contributed by atoms with Crippen LogP contribution in [0.3, 0.4) is 0 Å². The first-order valence-corrected chi connectivity index (χ1v) is 9.77. The Hall–Kier alpha value is -3.42. The van der Waals surface area contributed by atoms with Crippen molar-refractivity contribution in [1.82, 2.24) is 15.1 Å². The lowest BCUT2D eigenvalue weighted by atomic mass is 10.1. The molecule has 31 heavy (non-hydrogen) atoms. The average Bonchev–Trinajstić information content (AvgIpc) is 3.01. The molecule has 6 nitrogen and oxygen atoms in total. The van der Waals surface area contributed by atoms with Gasteiger partial charge in [0.2, 0.25) is 5.91 Å². The number of amides is 1. The van der Waals surface area contributed by atoms with Crippen LogP contribution in [0.25, 0.3) is 5.69 Å². The lowest BCUT2D eigenvalue weighted by Crippen LogP contribution is -2.28. The molecule has 0 radical (unpaired) electrons. The van der Waals surface area contributed by atoms with Gasteiger partial charge in [-0.3, -0.25) is 4.79 Å². The Kier molecular flexibility index (Phi) is 6.58. The minimum Gasteiger partial charge on any atom is -0.497 e. The summed E-state index contributed by atoms with van der Waals surface area (Å²) in [5, 5.41) is 7.31. The van der Waals surface area contributed by atoms with E-state index in [1.165, 1.54) is 16.8 Å². The molecule has 1 amide bonds. The molecule has 1 heterocycles. The van der Waals surface area contributed by atoms with Gasteiger partial charge in [-0.25, -0.2) is 13.5 Å². The largest absolute Gasteiger partial charge is 0.497 e. The van der Waals surface area contributed by atoms with Crippen molar-refractivity contribution in [3.8, 4) is 17.2 Å². The lowest BCUT2D eigenvalue weighted by Gasteiger charge is -2.18. The summed E-state index contributed by atoms with van der Waals surface area (Å²) in [4.78, 5) is 12.8. The van der Waals surface area contributed by atoms with E-state index in [1.54, 1.807) is 40.2 Å². The number of aryl methyl sites for hydroxylation is 1. The van der Waals surface area contributed by atoms with Gasteiger partial charge in [0.1, 0.15) is 23.0 Å². The number of carbonyl (C=O) groups excluding carboxylic acids is 1. The molecule has 2 aromatic carbocycles. The molecule has 1 aromatic heterocycles. The van der Waals surface area contributed by atoms with Crippen molar-refractivity contribution >= 4 is 5.91 Å². The molecule has 0 saturated heterocycles. The summed E-state index contributed by atoms with van der Waals surface area (Å²) >= 11 is 0. The minimum atomic E-state index is -0.722. The number of rotatable bonds is 7. The lowest BCUT2D eigenvalue weighted by molar-refractivity contribution is -0.121. The SMILES string of the molecule is COc1ccc(OC)c(C(C)NC(=O)Cc2c(C)nn(-c3ccc(F)cc3F)c2C)c1. The van der Waals surface area contributed by atoms with E-state index in [4.69, 9.17) is 9.47 Å². The number of carbonyl (C=O) groups is 1. The predicted molar refractivity (Wildman–Crippen MR) is 113 cm³/mol. The quantitative estimate of drug-likeness (QED) is 0.611. The van der Waals surface area contributed by atoms with Crippen LogP contribution in [0.1, 0.15) is 35.5 Å². The van der Waals surface area contributed by atoms with Gasteiger partial charge in [-0.15, -0.1) is 0 Å². The van der Waals surface area contributed by atoms with Gasteiger partial charge >= 0.3 is 0 Å². The highest BCUT2D eigenvalue weighted by molar-refractivity contribution is 5.79. The van der Waals surface area contributed by atoms with E-state index in [9.17, 15) is 13.6 Å². The van der Waals surface area contributed by atoms with Crippen LogP contribution in [-0.2, 0) is 11.2 Å². The van der Waals surface area contributed by atoms with Crippen LogP contribution in [-0.4, -0.2) is 29.9 Å². The first-order valence-electron chi connectivity index (χ1n) is 9.77. The van der Waals surface area contributed by atoms with Crippen LogP contribution in [0.15, 0.2) is 36.4 Å². The number of hydrogen-bond donors (Lipinski definition) is 1. The molecular weight excluding hydrogens is 404 g/mol. The van der Waals surface area contributed by atoms with Crippen molar-refractivity contribution in [2.24, 2.45) is 0 Å². The Morgan fingerprint density at radius 1 is 1.13 bits per heavy atom. The van der Waals surface area contributed by atoms with Crippen molar-refractivity contribution in [3.63, 3.8) is 0 Å². The number of ether oxygens (including phenoxy) is 2. The smallest absolute Gasteiger partial charge is 0.225 e.